The van der Waals surface area contributed by atoms with E-state index in [1.165, 1.54) is 0 Å². The van der Waals surface area contributed by atoms with E-state index in [2.05, 4.69) is 26.7 Å². The van der Waals surface area contributed by atoms with Crippen molar-refractivity contribution < 1.29 is 4.74 Å². The van der Waals surface area contributed by atoms with Crippen LogP contribution in [0, 0.1) is 18.3 Å². The molecule has 7 heteroatoms. The van der Waals surface area contributed by atoms with Crippen LogP contribution in [0.2, 0.25) is 5.02 Å². The Morgan fingerprint density at radius 2 is 1.81 bits per heavy atom. The second-order valence-electron chi connectivity index (χ2n) is 5.50. The number of hydrogen-bond donors (Lipinski definition) is 2. The highest BCUT2D eigenvalue weighted by Gasteiger charge is 2.08. The number of nitrogens with zero attached hydrogens (tertiary/aromatic N) is 3. The first-order valence-corrected chi connectivity index (χ1v) is 8.18. The molecule has 0 aliphatic carbocycles. The van der Waals surface area contributed by atoms with E-state index in [-0.39, 0.29) is 0 Å². The molecule has 26 heavy (non-hydrogen) atoms. The first-order chi connectivity index (χ1) is 12.6. The normalized spacial score (nSPS) is 10.1. The highest BCUT2D eigenvalue weighted by molar-refractivity contribution is 6.31. The standard InChI is InChI=1S/C19H16ClN5O/c1-12-9-18(23-15-6-3-13(11-21)4-7-15)25-19(22-12)24-16-10-14(20)5-8-17(16)26-2/h3-10H,1-2H3,(H2,22,23,24,25). The molecule has 2 aromatic carbocycles. The van der Waals surface area contributed by atoms with Crippen molar-refractivity contribution in [1.82, 2.24) is 9.97 Å². The van der Waals surface area contributed by atoms with Crippen LogP contribution >= 0.6 is 11.6 Å². The molecule has 3 rings (SSSR count). The number of halogens is 1. The molecule has 130 valence electrons. The number of benzene rings is 2. The highest BCUT2D eigenvalue weighted by Crippen LogP contribution is 2.30. The van der Waals surface area contributed by atoms with Gasteiger partial charge in [0, 0.05) is 22.5 Å². The van der Waals surface area contributed by atoms with Crippen molar-refractivity contribution in [2.75, 3.05) is 17.7 Å². The Hall–Kier alpha value is -3.30. The Bertz CT molecular complexity index is 967. The van der Waals surface area contributed by atoms with Crippen molar-refractivity contribution >= 4 is 34.7 Å². The molecule has 2 N–H and O–H groups in total. The molecule has 0 unspecified atom stereocenters. The molecule has 0 aliphatic heterocycles. The summed E-state index contributed by atoms with van der Waals surface area (Å²) in [7, 11) is 1.59. The van der Waals surface area contributed by atoms with Gasteiger partial charge < -0.3 is 15.4 Å². The lowest BCUT2D eigenvalue weighted by molar-refractivity contribution is 0.417. The van der Waals surface area contributed by atoms with Crippen LogP contribution in [0.5, 0.6) is 5.75 Å². The summed E-state index contributed by atoms with van der Waals surface area (Å²) in [5.41, 5.74) is 2.90. The fourth-order valence-electron chi connectivity index (χ4n) is 2.36. The predicted molar refractivity (Wildman–Crippen MR) is 102 cm³/mol. The highest BCUT2D eigenvalue weighted by atomic mass is 35.5. The molecular weight excluding hydrogens is 350 g/mol. The number of nitriles is 1. The van der Waals surface area contributed by atoms with Crippen molar-refractivity contribution in [2.24, 2.45) is 0 Å². The van der Waals surface area contributed by atoms with Crippen molar-refractivity contribution in [3.8, 4) is 11.8 Å². The number of rotatable bonds is 5. The van der Waals surface area contributed by atoms with E-state index in [0.717, 1.165) is 11.4 Å². The zero-order chi connectivity index (χ0) is 18.5. The molecule has 0 bridgehead atoms. The second-order valence-corrected chi connectivity index (χ2v) is 5.94. The third-order valence-electron chi connectivity index (χ3n) is 3.55. The van der Waals surface area contributed by atoms with Gasteiger partial charge in [0.1, 0.15) is 11.6 Å². The van der Waals surface area contributed by atoms with E-state index in [1.54, 1.807) is 37.4 Å². The molecule has 1 heterocycles. The molecule has 0 atom stereocenters. The minimum atomic E-state index is 0.418. The molecule has 3 aromatic rings. The number of methoxy groups -OCH3 is 1. The molecule has 0 radical (unpaired) electrons. The summed E-state index contributed by atoms with van der Waals surface area (Å²) in [4.78, 5) is 8.87. The summed E-state index contributed by atoms with van der Waals surface area (Å²) < 4.78 is 5.33. The van der Waals surface area contributed by atoms with Gasteiger partial charge in [-0.25, -0.2) is 4.98 Å². The summed E-state index contributed by atoms with van der Waals surface area (Å²) in [6.07, 6.45) is 0. The molecule has 0 amide bonds. The van der Waals surface area contributed by atoms with E-state index in [4.69, 9.17) is 21.6 Å². The van der Waals surface area contributed by atoms with Gasteiger partial charge >= 0.3 is 0 Å². The van der Waals surface area contributed by atoms with Gasteiger partial charge in [-0.2, -0.15) is 10.2 Å². The van der Waals surface area contributed by atoms with Gasteiger partial charge in [0.25, 0.3) is 0 Å². The topological polar surface area (TPSA) is 82.9 Å². The van der Waals surface area contributed by atoms with Crippen LogP contribution in [0.3, 0.4) is 0 Å². The molecule has 0 saturated heterocycles. The van der Waals surface area contributed by atoms with Crippen LogP contribution in [0.15, 0.2) is 48.5 Å². The Morgan fingerprint density at radius 1 is 1.04 bits per heavy atom. The quantitative estimate of drug-likeness (QED) is 0.675. The van der Waals surface area contributed by atoms with Crippen LogP contribution in [0.1, 0.15) is 11.3 Å². The maximum Gasteiger partial charge on any atom is 0.229 e. The van der Waals surface area contributed by atoms with Crippen molar-refractivity contribution in [3.63, 3.8) is 0 Å². The van der Waals surface area contributed by atoms with E-state index in [9.17, 15) is 0 Å². The van der Waals surface area contributed by atoms with Gasteiger partial charge in [0.05, 0.1) is 24.4 Å². The molecule has 0 aliphatic rings. The Balaban J connectivity index is 1.85. The summed E-state index contributed by atoms with van der Waals surface area (Å²) in [5.74, 6) is 1.69. The first-order valence-electron chi connectivity index (χ1n) is 7.81. The Kier molecular flexibility index (Phi) is 5.20. The number of anilines is 4. The van der Waals surface area contributed by atoms with E-state index < -0.39 is 0 Å². The smallest absolute Gasteiger partial charge is 0.229 e. The van der Waals surface area contributed by atoms with Gasteiger partial charge in [0.2, 0.25) is 5.95 Å². The maximum atomic E-state index is 8.87. The second kappa shape index (κ2) is 7.72. The lowest BCUT2D eigenvalue weighted by atomic mass is 10.2. The fourth-order valence-corrected chi connectivity index (χ4v) is 2.53. The van der Waals surface area contributed by atoms with E-state index >= 15 is 0 Å². The fraction of sp³-hybridized carbons (Fsp3) is 0.105. The predicted octanol–water partition coefficient (Wildman–Crippen LogP) is 4.81. The van der Waals surface area contributed by atoms with E-state index in [0.29, 0.717) is 33.8 Å². The molecule has 6 nitrogen and oxygen atoms in total. The number of nitrogens with one attached hydrogen (secondary N) is 2. The summed E-state index contributed by atoms with van der Waals surface area (Å²) in [6, 6.07) is 16.3. The Morgan fingerprint density at radius 3 is 2.50 bits per heavy atom. The van der Waals surface area contributed by atoms with Crippen molar-refractivity contribution in [2.45, 2.75) is 6.92 Å². The van der Waals surface area contributed by atoms with E-state index in [1.807, 2.05) is 25.1 Å². The van der Waals surface area contributed by atoms with Crippen LogP contribution in [-0.4, -0.2) is 17.1 Å². The maximum absolute atomic E-state index is 8.87. The SMILES string of the molecule is COc1ccc(Cl)cc1Nc1nc(C)cc(Nc2ccc(C#N)cc2)n1. The minimum absolute atomic E-state index is 0.418. The van der Waals surface area contributed by atoms with Crippen molar-refractivity contribution in [3.05, 3.63) is 64.8 Å². The summed E-state index contributed by atoms with van der Waals surface area (Å²) >= 11 is 6.06. The van der Waals surface area contributed by atoms with Gasteiger partial charge in [-0.3, -0.25) is 0 Å². The van der Waals surface area contributed by atoms with Crippen LogP contribution in [0.25, 0.3) is 0 Å². The average Bonchev–Trinajstić information content (AvgIpc) is 2.62. The number of hydrogen-bond acceptors (Lipinski definition) is 6. The zero-order valence-electron chi connectivity index (χ0n) is 14.2. The van der Waals surface area contributed by atoms with Crippen LogP contribution in [0.4, 0.5) is 23.1 Å². The molecule has 0 fully saturated rings. The monoisotopic (exact) mass is 365 g/mol. The molecular formula is C19H16ClN5O. The van der Waals surface area contributed by atoms with Gasteiger partial charge in [-0.15, -0.1) is 0 Å². The third kappa shape index (κ3) is 4.21. The van der Waals surface area contributed by atoms with Gasteiger partial charge in [0.15, 0.2) is 0 Å². The van der Waals surface area contributed by atoms with Crippen LogP contribution < -0.4 is 15.4 Å². The largest absolute Gasteiger partial charge is 0.495 e. The van der Waals surface area contributed by atoms with Gasteiger partial charge in [-0.05, 0) is 49.4 Å². The number of ether oxygens (including phenoxy) is 1. The molecule has 0 spiro atoms. The number of aryl methyl sites for hydroxylation is 1. The summed E-state index contributed by atoms with van der Waals surface area (Å²) in [6.45, 7) is 1.88. The first kappa shape index (κ1) is 17.5. The van der Waals surface area contributed by atoms with Crippen molar-refractivity contribution in [1.29, 1.82) is 5.26 Å². The Labute approximate surface area is 156 Å². The van der Waals surface area contributed by atoms with Crippen LogP contribution in [-0.2, 0) is 0 Å². The third-order valence-corrected chi connectivity index (χ3v) is 3.78. The lowest BCUT2D eigenvalue weighted by Gasteiger charge is -2.12. The lowest BCUT2D eigenvalue weighted by Crippen LogP contribution is -2.03. The average molecular weight is 366 g/mol. The minimum Gasteiger partial charge on any atom is -0.495 e. The van der Waals surface area contributed by atoms with Gasteiger partial charge in [-0.1, -0.05) is 11.6 Å². The molecule has 0 saturated carbocycles. The zero-order valence-corrected chi connectivity index (χ0v) is 15.0. The summed E-state index contributed by atoms with van der Waals surface area (Å²) in [5, 5.41) is 15.8. The molecule has 1 aromatic heterocycles. The number of aromatic nitrogens is 2.